The van der Waals surface area contributed by atoms with Gasteiger partial charge in [-0.2, -0.15) is 0 Å². The lowest BCUT2D eigenvalue weighted by atomic mass is 9.67. The highest BCUT2D eigenvalue weighted by Crippen LogP contribution is 2.45. The zero-order valence-corrected chi connectivity index (χ0v) is 10.8. The second-order valence-electron chi connectivity index (χ2n) is 5.25. The molecule has 18 heavy (non-hydrogen) atoms. The van der Waals surface area contributed by atoms with Crippen molar-refractivity contribution in [3.8, 4) is 11.5 Å². The third-order valence-corrected chi connectivity index (χ3v) is 4.39. The summed E-state index contributed by atoms with van der Waals surface area (Å²) in [7, 11) is 1.60. The summed E-state index contributed by atoms with van der Waals surface area (Å²) in [6.45, 7) is 0.943. The Morgan fingerprint density at radius 1 is 1.28 bits per heavy atom. The molecule has 0 aromatic heterocycles. The third-order valence-electron chi connectivity index (χ3n) is 4.39. The van der Waals surface area contributed by atoms with Crippen LogP contribution in [0.25, 0.3) is 0 Å². The fourth-order valence-corrected chi connectivity index (χ4v) is 3.41. The molecule has 3 nitrogen and oxygen atoms in total. The fourth-order valence-electron chi connectivity index (χ4n) is 3.41. The zero-order valence-electron chi connectivity index (χ0n) is 10.8. The maximum absolute atomic E-state index is 9.72. The Bertz CT molecular complexity index is 495. The second kappa shape index (κ2) is 4.30. The van der Waals surface area contributed by atoms with Gasteiger partial charge >= 0.3 is 0 Å². The van der Waals surface area contributed by atoms with Crippen molar-refractivity contribution >= 4 is 5.71 Å². The van der Waals surface area contributed by atoms with Crippen LogP contribution in [0.3, 0.4) is 0 Å². The molecule has 1 heterocycles. The Balaban J connectivity index is 2.05. The summed E-state index contributed by atoms with van der Waals surface area (Å²) in [5.74, 6) is 0.781. The largest absolute Gasteiger partial charge is 0.504 e. The number of aromatic hydroxyl groups is 1. The molecule has 0 bridgehead atoms. The highest BCUT2D eigenvalue weighted by atomic mass is 16.5. The molecule has 0 radical (unpaired) electrons. The number of nitrogens with zero attached hydrogens (tertiary/aromatic N) is 1. The van der Waals surface area contributed by atoms with Gasteiger partial charge in [-0.15, -0.1) is 0 Å². The van der Waals surface area contributed by atoms with Gasteiger partial charge in [-0.3, -0.25) is 4.99 Å². The van der Waals surface area contributed by atoms with Crippen molar-refractivity contribution in [1.82, 2.24) is 0 Å². The Kier molecular flexibility index (Phi) is 2.77. The van der Waals surface area contributed by atoms with Gasteiger partial charge in [-0.1, -0.05) is 12.5 Å². The Morgan fingerprint density at radius 3 is 3.00 bits per heavy atom. The lowest BCUT2D eigenvalue weighted by molar-refractivity contribution is 0.370. The molecule has 0 amide bonds. The molecular formula is C15H19NO2. The number of rotatable bonds is 2. The summed E-state index contributed by atoms with van der Waals surface area (Å²) < 4.78 is 5.23. The summed E-state index contributed by atoms with van der Waals surface area (Å²) in [5, 5.41) is 9.72. The first-order valence-electron chi connectivity index (χ1n) is 6.67. The van der Waals surface area contributed by atoms with E-state index >= 15 is 0 Å². The maximum atomic E-state index is 9.72. The Hall–Kier alpha value is -1.51. The lowest BCUT2D eigenvalue weighted by Crippen LogP contribution is -2.35. The van der Waals surface area contributed by atoms with Crippen molar-refractivity contribution in [2.75, 3.05) is 13.7 Å². The number of methoxy groups -OCH3 is 1. The number of phenols is 1. The van der Waals surface area contributed by atoms with Crippen LogP contribution in [-0.2, 0) is 5.41 Å². The molecular weight excluding hydrogens is 226 g/mol. The van der Waals surface area contributed by atoms with Gasteiger partial charge in [-0.05, 0) is 43.4 Å². The number of ether oxygens (including phenoxy) is 1. The van der Waals surface area contributed by atoms with Gasteiger partial charge in [0, 0.05) is 17.7 Å². The average molecular weight is 245 g/mol. The minimum atomic E-state index is 0.124. The number of hydrogen-bond donors (Lipinski definition) is 1. The molecule has 1 saturated carbocycles. The van der Waals surface area contributed by atoms with Gasteiger partial charge in [0.05, 0.1) is 7.11 Å². The molecule has 1 fully saturated rings. The van der Waals surface area contributed by atoms with E-state index in [0.29, 0.717) is 5.75 Å². The summed E-state index contributed by atoms with van der Waals surface area (Å²) in [6, 6.07) is 5.76. The molecule has 3 heteroatoms. The van der Waals surface area contributed by atoms with E-state index in [2.05, 4.69) is 0 Å². The first-order chi connectivity index (χ1) is 8.76. The molecule has 1 unspecified atom stereocenters. The second-order valence-corrected chi connectivity index (χ2v) is 5.25. The van der Waals surface area contributed by atoms with E-state index in [1.54, 1.807) is 13.2 Å². The van der Waals surface area contributed by atoms with Crippen LogP contribution in [0, 0.1) is 0 Å². The molecule has 2 aliphatic rings. The Morgan fingerprint density at radius 2 is 2.17 bits per heavy atom. The van der Waals surface area contributed by atoms with Crippen LogP contribution in [-0.4, -0.2) is 24.5 Å². The number of aliphatic imine (C=N–C) groups is 1. The van der Waals surface area contributed by atoms with E-state index in [0.717, 1.165) is 19.4 Å². The van der Waals surface area contributed by atoms with Gasteiger partial charge in [0.15, 0.2) is 11.5 Å². The van der Waals surface area contributed by atoms with Gasteiger partial charge in [0.25, 0.3) is 0 Å². The van der Waals surface area contributed by atoms with Crippen LogP contribution in [0.2, 0.25) is 0 Å². The molecule has 96 valence electrons. The monoisotopic (exact) mass is 245 g/mol. The van der Waals surface area contributed by atoms with E-state index < -0.39 is 0 Å². The Labute approximate surface area is 108 Å². The first kappa shape index (κ1) is 11.6. The van der Waals surface area contributed by atoms with E-state index in [4.69, 9.17) is 9.73 Å². The minimum Gasteiger partial charge on any atom is -0.504 e. The molecule has 1 atom stereocenters. The third kappa shape index (κ3) is 1.61. The van der Waals surface area contributed by atoms with Crippen molar-refractivity contribution in [1.29, 1.82) is 0 Å². The van der Waals surface area contributed by atoms with E-state index in [-0.39, 0.29) is 11.2 Å². The molecule has 1 aromatic rings. The lowest BCUT2D eigenvalue weighted by Gasteiger charge is -2.35. The normalized spacial score (nSPS) is 26.6. The zero-order chi connectivity index (χ0) is 12.6. The van der Waals surface area contributed by atoms with E-state index in [1.807, 2.05) is 12.1 Å². The van der Waals surface area contributed by atoms with Gasteiger partial charge in [-0.25, -0.2) is 0 Å². The van der Waals surface area contributed by atoms with Gasteiger partial charge in [0.2, 0.25) is 0 Å². The molecule has 0 spiro atoms. The number of hydrogen-bond acceptors (Lipinski definition) is 3. The van der Waals surface area contributed by atoms with Crippen molar-refractivity contribution in [2.24, 2.45) is 4.99 Å². The summed E-state index contributed by atoms with van der Waals surface area (Å²) >= 11 is 0. The van der Waals surface area contributed by atoms with Crippen LogP contribution < -0.4 is 4.74 Å². The van der Waals surface area contributed by atoms with Crippen molar-refractivity contribution < 1.29 is 9.84 Å². The fraction of sp³-hybridized carbons (Fsp3) is 0.533. The highest BCUT2D eigenvalue weighted by Gasteiger charge is 2.42. The van der Waals surface area contributed by atoms with Crippen LogP contribution >= 0.6 is 0 Å². The van der Waals surface area contributed by atoms with Crippen molar-refractivity contribution in [3.05, 3.63) is 23.8 Å². The quantitative estimate of drug-likeness (QED) is 0.870. The molecule has 1 N–H and O–H groups in total. The molecule has 1 aliphatic heterocycles. The first-order valence-corrected chi connectivity index (χ1v) is 6.67. The standard InChI is InChI=1S/C15H19NO2/c1-18-13-10-11(5-6-12(13)17)15-7-3-2-4-14(15)16-9-8-15/h5-6,10,17H,2-4,7-9H2,1H3. The van der Waals surface area contributed by atoms with Crippen molar-refractivity contribution in [2.45, 2.75) is 37.5 Å². The van der Waals surface area contributed by atoms with Gasteiger partial charge < -0.3 is 9.84 Å². The van der Waals surface area contributed by atoms with E-state index in [9.17, 15) is 5.11 Å². The molecule has 0 saturated heterocycles. The predicted molar refractivity (Wildman–Crippen MR) is 71.7 cm³/mol. The molecule has 3 rings (SSSR count). The summed E-state index contributed by atoms with van der Waals surface area (Å²) in [4.78, 5) is 4.70. The van der Waals surface area contributed by atoms with E-state index in [1.165, 1.54) is 30.5 Å². The van der Waals surface area contributed by atoms with Crippen LogP contribution in [0.1, 0.15) is 37.7 Å². The number of benzene rings is 1. The highest BCUT2D eigenvalue weighted by molar-refractivity contribution is 5.97. The smallest absolute Gasteiger partial charge is 0.160 e. The summed E-state index contributed by atoms with van der Waals surface area (Å²) in [5.41, 5.74) is 2.74. The van der Waals surface area contributed by atoms with Gasteiger partial charge in [0.1, 0.15) is 0 Å². The number of fused-ring (bicyclic) bond motifs is 1. The SMILES string of the molecule is COc1cc(C23CCCCC2=NCC3)ccc1O. The minimum absolute atomic E-state index is 0.124. The van der Waals surface area contributed by atoms with Crippen LogP contribution in [0.5, 0.6) is 11.5 Å². The topological polar surface area (TPSA) is 41.8 Å². The summed E-state index contributed by atoms with van der Waals surface area (Å²) in [6.07, 6.45) is 5.94. The maximum Gasteiger partial charge on any atom is 0.160 e. The molecule has 1 aliphatic carbocycles. The van der Waals surface area contributed by atoms with Crippen molar-refractivity contribution in [3.63, 3.8) is 0 Å². The predicted octanol–water partition coefficient (Wildman–Crippen LogP) is 3.06. The molecule has 1 aromatic carbocycles. The number of phenolic OH excluding ortho intramolecular Hbond substituents is 1. The average Bonchev–Trinajstić information content (AvgIpc) is 2.84. The van der Waals surface area contributed by atoms with Crippen LogP contribution in [0.4, 0.5) is 0 Å². The van der Waals surface area contributed by atoms with Crippen LogP contribution in [0.15, 0.2) is 23.2 Å².